The summed E-state index contributed by atoms with van der Waals surface area (Å²) in [5.74, 6) is 0. The normalized spacial score (nSPS) is 10.7. The topological polar surface area (TPSA) is 17.0 Å². The molecule has 0 saturated heterocycles. The van der Waals surface area contributed by atoms with Gasteiger partial charge in [0.05, 0.1) is 11.6 Å². The molecule has 0 aliphatic rings. The van der Waals surface area contributed by atoms with Crippen LogP contribution < -0.4 is 4.57 Å². The third kappa shape index (κ3) is 0.909. The van der Waals surface area contributed by atoms with Crippen molar-refractivity contribution in [1.82, 2.24) is 0 Å². The second-order valence-electron chi connectivity index (χ2n) is 2.77. The first-order valence-electron chi connectivity index (χ1n) is 3.61. The number of pyridine rings is 1. The van der Waals surface area contributed by atoms with Gasteiger partial charge in [-0.3, -0.25) is 0 Å². The first kappa shape index (κ1) is 6.40. The quantitative estimate of drug-likeness (QED) is 0.518. The van der Waals surface area contributed by atoms with Gasteiger partial charge in [0.15, 0.2) is 11.9 Å². The number of rotatable bonds is 0. The van der Waals surface area contributed by atoms with Crippen molar-refractivity contribution in [2.75, 3.05) is 0 Å². The Morgan fingerprint density at radius 3 is 3.09 bits per heavy atom. The fraction of sp³-hybridized carbons (Fsp3) is 0.222. The van der Waals surface area contributed by atoms with E-state index in [9.17, 15) is 0 Å². The zero-order valence-electron chi connectivity index (χ0n) is 6.66. The van der Waals surface area contributed by atoms with E-state index in [1.807, 2.05) is 19.2 Å². The van der Waals surface area contributed by atoms with E-state index in [2.05, 4.69) is 17.7 Å². The van der Waals surface area contributed by atoms with Crippen molar-refractivity contribution < 1.29 is 8.98 Å². The maximum Gasteiger partial charge on any atom is 0.181 e. The van der Waals surface area contributed by atoms with E-state index in [4.69, 9.17) is 4.42 Å². The van der Waals surface area contributed by atoms with Gasteiger partial charge in [0.2, 0.25) is 0 Å². The molecule has 0 fully saturated rings. The van der Waals surface area contributed by atoms with Crippen LogP contribution in [0.2, 0.25) is 0 Å². The van der Waals surface area contributed by atoms with Gasteiger partial charge >= 0.3 is 0 Å². The minimum absolute atomic E-state index is 0.959. The van der Waals surface area contributed by atoms with Crippen LogP contribution in [-0.4, -0.2) is 0 Å². The van der Waals surface area contributed by atoms with Crippen LogP contribution in [0.25, 0.3) is 11.0 Å². The molecule has 0 radical (unpaired) electrons. The van der Waals surface area contributed by atoms with Crippen LogP contribution in [0, 0.1) is 6.92 Å². The molecule has 2 nitrogen and oxygen atoms in total. The summed E-state index contributed by atoms with van der Waals surface area (Å²) < 4.78 is 7.32. The van der Waals surface area contributed by atoms with Gasteiger partial charge in [-0.15, -0.1) is 0 Å². The highest BCUT2D eigenvalue weighted by atomic mass is 16.3. The number of aryl methyl sites for hydroxylation is 2. The Morgan fingerprint density at radius 2 is 2.27 bits per heavy atom. The fourth-order valence-corrected chi connectivity index (χ4v) is 1.16. The summed E-state index contributed by atoms with van der Waals surface area (Å²) >= 11 is 0. The molecule has 2 heterocycles. The van der Waals surface area contributed by atoms with Gasteiger partial charge in [0.1, 0.15) is 12.6 Å². The van der Waals surface area contributed by atoms with Crippen molar-refractivity contribution in [3.05, 3.63) is 30.3 Å². The van der Waals surface area contributed by atoms with Crippen molar-refractivity contribution in [3.63, 3.8) is 0 Å². The van der Waals surface area contributed by atoms with E-state index >= 15 is 0 Å². The van der Waals surface area contributed by atoms with Crippen LogP contribution in [0.15, 0.2) is 29.0 Å². The second kappa shape index (κ2) is 2.09. The standard InChI is InChI=1S/C9H10NO/c1-7-5-9-8(3-4-11-9)6-10(7)2/h3-6H,1-2H3/q+1. The van der Waals surface area contributed by atoms with Crippen LogP contribution in [0.4, 0.5) is 0 Å². The molecule has 0 spiro atoms. The van der Waals surface area contributed by atoms with Gasteiger partial charge in [0.25, 0.3) is 0 Å². The Morgan fingerprint density at radius 1 is 1.45 bits per heavy atom. The van der Waals surface area contributed by atoms with Crippen LogP contribution in [-0.2, 0) is 7.05 Å². The molecule has 0 unspecified atom stereocenters. The maximum absolute atomic E-state index is 5.24. The summed E-state index contributed by atoms with van der Waals surface area (Å²) in [5, 5.41) is 1.15. The first-order chi connectivity index (χ1) is 5.27. The Balaban J connectivity index is 2.86. The van der Waals surface area contributed by atoms with Crippen molar-refractivity contribution in [2.45, 2.75) is 6.92 Å². The van der Waals surface area contributed by atoms with E-state index in [1.165, 1.54) is 5.69 Å². The molecule has 0 bridgehead atoms. The SMILES string of the molecule is Cc1cc2occc2c[n+]1C. The molecule has 0 aliphatic heterocycles. The zero-order chi connectivity index (χ0) is 7.84. The van der Waals surface area contributed by atoms with Crippen molar-refractivity contribution in [1.29, 1.82) is 0 Å². The molecule has 0 saturated carbocycles. The molecule has 2 rings (SSSR count). The monoisotopic (exact) mass is 148 g/mol. The van der Waals surface area contributed by atoms with Gasteiger partial charge in [-0.2, -0.15) is 0 Å². The second-order valence-corrected chi connectivity index (χ2v) is 2.77. The summed E-state index contributed by atoms with van der Waals surface area (Å²) in [5.41, 5.74) is 2.16. The van der Waals surface area contributed by atoms with Crippen LogP contribution in [0.3, 0.4) is 0 Å². The molecule has 0 N–H and O–H groups in total. The minimum atomic E-state index is 0.959. The third-order valence-corrected chi connectivity index (χ3v) is 1.96. The summed E-state index contributed by atoms with van der Waals surface area (Å²) in [6.07, 6.45) is 3.78. The third-order valence-electron chi connectivity index (χ3n) is 1.96. The average Bonchev–Trinajstić information content (AvgIpc) is 2.36. The summed E-state index contributed by atoms with van der Waals surface area (Å²) in [6, 6.07) is 4.00. The minimum Gasteiger partial charge on any atom is -0.464 e. The van der Waals surface area contributed by atoms with E-state index in [0.29, 0.717) is 0 Å². The van der Waals surface area contributed by atoms with E-state index in [0.717, 1.165) is 11.0 Å². The Hall–Kier alpha value is -1.31. The fourth-order valence-electron chi connectivity index (χ4n) is 1.16. The van der Waals surface area contributed by atoms with Crippen LogP contribution in [0.5, 0.6) is 0 Å². The highest BCUT2D eigenvalue weighted by Crippen LogP contribution is 2.12. The Labute approximate surface area is 65.1 Å². The van der Waals surface area contributed by atoms with Crippen molar-refractivity contribution >= 4 is 11.0 Å². The summed E-state index contributed by atoms with van der Waals surface area (Å²) in [7, 11) is 2.03. The molecular formula is C9H10NO+. The van der Waals surface area contributed by atoms with Gasteiger partial charge in [-0.05, 0) is 6.07 Å². The molecule has 2 aromatic rings. The summed E-state index contributed by atoms with van der Waals surface area (Å²) in [6.45, 7) is 2.06. The molecule has 2 aromatic heterocycles. The zero-order valence-corrected chi connectivity index (χ0v) is 6.66. The Kier molecular flexibility index (Phi) is 1.22. The largest absolute Gasteiger partial charge is 0.464 e. The molecule has 11 heavy (non-hydrogen) atoms. The average molecular weight is 148 g/mol. The van der Waals surface area contributed by atoms with Crippen LogP contribution >= 0.6 is 0 Å². The van der Waals surface area contributed by atoms with Gasteiger partial charge < -0.3 is 4.42 Å². The molecule has 2 heteroatoms. The number of hydrogen-bond acceptors (Lipinski definition) is 1. The molecule has 0 aliphatic carbocycles. The molecule has 0 aromatic carbocycles. The first-order valence-corrected chi connectivity index (χ1v) is 3.61. The molecule has 56 valence electrons. The van der Waals surface area contributed by atoms with Gasteiger partial charge in [-0.1, -0.05) is 0 Å². The van der Waals surface area contributed by atoms with Crippen LogP contribution in [0.1, 0.15) is 5.69 Å². The highest BCUT2D eigenvalue weighted by Gasteiger charge is 2.04. The summed E-state index contributed by atoms with van der Waals surface area (Å²) in [4.78, 5) is 0. The van der Waals surface area contributed by atoms with Crippen molar-refractivity contribution in [3.8, 4) is 0 Å². The molecule has 0 amide bonds. The Bertz CT molecular complexity index is 353. The lowest BCUT2D eigenvalue weighted by Gasteiger charge is -1.91. The number of furan rings is 1. The number of fused-ring (bicyclic) bond motifs is 1. The molecular weight excluding hydrogens is 138 g/mol. The number of nitrogens with zero attached hydrogens (tertiary/aromatic N) is 1. The predicted octanol–water partition coefficient (Wildman–Crippen LogP) is 1.57. The molecule has 0 atom stereocenters. The predicted molar refractivity (Wildman–Crippen MR) is 42.1 cm³/mol. The van der Waals surface area contributed by atoms with Crippen molar-refractivity contribution in [2.24, 2.45) is 7.05 Å². The maximum atomic E-state index is 5.24. The van der Waals surface area contributed by atoms with Gasteiger partial charge in [0, 0.05) is 13.0 Å². The lowest BCUT2D eigenvalue weighted by molar-refractivity contribution is -0.676. The lowest BCUT2D eigenvalue weighted by Crippen LogP contribution is -2.30. The smallest absolute Gasteiger partial charge is 0.181 e. The number of hydrogen-bond donors (Lipinski definition) is 0. The van der Waals surface area contributed by atoms with Gasteiger partial charge in [-0.25, -0.2) is 4.57 Å². The van der Waals surface area contributed by atoms with E-state index in [1.54, 1.807) is 6.26 Å². The highest BCUT2D eigenvalue weighted by molar-refractivity contribution is 5.74. The number of aromatic nitrogens is 1. The van der Waals surface area contributed by atoms with E-state index < -0.39 is 0 Å². The lowest BCUT2D eigenvalue weighted by atomic mass is 10.3. The van der Waals surface area contributed by atoms with E-state index in [-0.39, 0.29) is 0 Å².